The number of carboxylic acids is 2. The first kappa shape index (κ1) is 18.5. The molecule has 26 heavy (non-hydrogen) atoms. The van der Waals surface area contributed by atoms with Gasteiger partial charge in [-0.25, -0.2) is 14.6 Å². The fourth-order valence-corrected chi connectivity index (χ4v) is 3.74. The number of nitrogens with zero attached hydrogens (tertiary/aromatic N) is 1. The molecule has 1 atom stereocenters. The summed E-state index contributed by atoms with van der Waals surface area (Å²) in [5.41, 5.74) is 0.498. The Labute approximate surface area is 156 Å². The summed E-state index contributed by atoms with van der Waals surface area (Å²) in [5, 5.41) is 23.0. The number of hydrogen-bond acceptors (Lipinski definition) is 4. The highest BCUT2D eigenvalue weighted by atomic mass is 35.5. The van der Waals surface area contributed by atoms with E-state index in [0.717, 1.165) is 25.7 Å². The molecule has 2 aromatic rings. The molecule has 1 aromatic heterocycles. The third-order valence-electron chi connectivity index (χ3n) is 4.91. The van der Waals surface area contributed by atoms with E-state index in [1.807, 2.05) is 0 Å². The molecule has 1 fully saturated rings. The zero-order valence-corrected chi connectivity index (χ0v) is 15.0. The van der Waals surface area contributed by atoms with E-state index in [4.69, 9.17) is 11.6 Å². The van der Waals surface area contributed by atoms with Gasteiger partial charge in [0.2, 0.25) is 0 Å². The first-order valence-corrected chi connectivity index (χ1v) is 9.15. The van der Waals surface area contributed by atoms with Gasteiger partial charge < -0.3 is 15.5 Å². The Bertz CT molecular complexity index is 834. The van der Waals surface area contributed by atoms with Gasteiger partial charge in [0.05, 0.1) is 5.52 Å². The number of anilines is 1. The van der Waals surface area contributed by atoms with Crippen LogP contribution in [0, 0.1) is 5.92 Å². The number of carbonyl (C=O) groups is 2. The van der Waals surface area contributed by atoms with E-state index in [0.29, 0.717) is 28.3 Å². The zero-order valence-electron chi connectivity index (χ0n) is 14.2. The summed E-state index contributed by atoms with van der Waals surface area (Å²) in [6.45, 7) is 0. The molecule has 138 valence electrons. The van der Waals surface area contributed by atoms with Crippen LogP contribution in [0.15, 0.2) is 24.3 Å². The van der Waals surface area contributed by atoms with Crippen molar-refractivity contribution in [3.8, 4) is 0 Å². The van der Waals surface area contributed by atoms with Gasteiger partial charge in [0.15, 0.2) is 0 Å². The molecule has 0 aliphatic heterocycles. The van der Waals surface area contributed by atoms with Crippen LogP contribution in [-0.4, -0.2) is 33.2 Å². The summed E-state index contributed by atoms with van der Waals surface area (Å²) >= 11 is 5.96. The molecular weight excluding hydrogens is 356 g/mol. The molecule has 3 rings (SSSR count). The van der Waals surface area contributed by atoms with Crippen LogP contribution < -0.4 is 5.32 Å². The Morgan fingerprint density at radius 3 is 2.58 bits per heavy atom. The smallest absolute Gasteiger partial charge is 0.339 e. The quantitative estimate of drug-likeness (QED) is 0.690. The summed E-state index contributed by atoms with van der Waals surface area (Å²) < 4.78 is 0. The number of halogens is 1. The molecule has 6 nitrogen and oxygen atoms in total. The molecule has 1 aliphatic carbocycles. The maximum Gasteiger partial charge on any atom is 0.339 e. The topological polar surface area (TPSA) is 99.5 Å². The number of fused-ring (bicyclic) bond motifs is 1. The Morgan fingerprint density at radius 2 is 1.92 bits per heavy atom. The van der Waals surface area contributed by atoms with E-state index in [9.17, 15) is 19.8 Å². The second-order valence-corrected chi connectivity index (χ2v) is 7.24. The largest absolute Gasteiger partial charge is 0.480 e. The van der Waals surface area contributed by atoms with Crippen LogP contribution in [0.2, 0.25) is 5.02 Å². The lowest BCUT2D eigenvalue weighted by Crippen LogP contribution is -2.33. The van der Waals surface area contributed by atoms with Gasteiger partial charge in [-0.05, 0) is 36.6 Å². The molecule has 0 amide bonds. The molecule has 0 unspecified atom stereocenters. The second-order valence-electron chi connectivity index (χ2n) is 6.80. The second kappa shape index (κ2) is 7.91. The van der Waals surface area contributed by atoms with Gasteiger partial charge in [0, 0.05) is 10.4 Å². The molecule has 7 heteroatoms. The first-order valence-electron chi connectivity index (χ1n) is 8.77. The van der Waals surface area contributed by atoms with Gasteiger partial charge in [0.1, 0.15) is 17.4 Å². The number of benzene rings is 1. The number of nitrogens with one attached hydrogen (secondary N) is 1. The van der Waals surface area contributed by atoms with Gasteiger partial charge in [-0.15, -0.1) is 0 Å². The van der Waals surface area contributed by atoms with Gasteiger partial charge in [-0.3, -0.25) is 0 Å². The highest BCUT2D eigenvalue weighted by Crippen LogP contribution is 2.29. The van der Waals surface area contributed by atoms with Crippen molar-refractivity contribution in [3.05, 3.63) is 34.9 Å². The van der Waals surface area contributed by atoms with E-state index in [-0.39, 0.29) is 11.4 Å². The lowest BCUT2D eigenvalue weighted by molar-refractivity contribution is -0.138. The maximum atomic E-state index is 11.7. The number of aliphatic carboxylic acids is 1. The van der Waals surface area contributed by atoms with Gasteiger partial charge in [0.25, 0.3) is 0 Å². The average molecular weight is 377 g/mol. The van der Waals surface area contributed by atoms with Crippen molar-refractivity contribution in [2.75, 3.05) is 5.32 Å². The number of aromatic nitrogens is 1. The average Bonchev–Trinajstić information content (AvgIpc) is 2.61. The number of hydrogen-bond donors (Lipinski definition) is 3. The van der Waals surface area contributed by atoms with Crippen molar-refractivity contribution in [1.82, 2.24) is 4.98 Å². The highest BCUT2D eigenvalue weighted by Gasteiger charge is 2.26. The van der Waals surface area contributed by atoms with Crippen molar-refractivity contribution in [2.45, 2.75) is 44.6 Å². The highest BCUT2D eigenvalue weighted by molar-refractivity contribution is 6.31. The fraction of sp³-hybridized carbons (Fsp3) is 0.421. The van der Waals surface area contributed by atoms with E-state index in [2.05, 4.69) is 10.3 Å². The standard InChI is InChI=1S/C19H21ClN2O4/c20-13-6-7-15-12(9-13)10-14(18(23)24)17(21-15)22-16(19(25)26)8-11-4-2-1-3-5-11/h6-7,9-11,16H,1-5,8H2,(H,21,22)(H,23,24)(H,25,26)/t16-/m0/s1. The first-order chi connectivity index (χ1) is 12.4. The summed E-state index contributed by atoms with van der Waals surface area (Å²) in [6.07, 6.45) is 5.93. The van der Waals surface area contributed by atoms with Gasteiger partial charge in [-0.1, -0.05) is 43.7 Å². The minimum absolute atomic E-state index is 0.0605. The van der Waals surface area contributed by atoms with Crippen molar-refractivity contribution < 1.29 is 19.8 Å². The van der Waals surface area contributed by atoms with Crippen LogP contribution >= 0.6 is 11.6 Å². The SMILES string of the molecule is O=C(O)c1cc2cc(Cl)ccc2nc1N[C@@H](CC1CCCCC1)C(=O)O. The molecule has 0 saturated heterocycles. The van der Waals surface area contributed by atoms with E-state index < -0.39 is 18.0 Å². The number of aromatic carboxylic acids is 1. The molecule has 1 saturated carbocycles. The monoisotopic (exact) mass is 376 g/mol. The Balaban J connectivity index is 1.90. The van der Waals surface area contributed by atoms with E-state index in [1.54, 1.807) is 18.2 Å². The van der Waals surface area contributed by atoms with Crippen molar-refractivity contribution >= 4 is 40.3 Å². The third kappa shape index (κ3) is 4.25. The summed E-state index contributed by atoms with van der Waals surface area (Å²) in [5.74, 6) is -1.74. The summed E-state index contributed by atoms with van der Waals surface area (Å²) in [7, 11) is 0. The van der Waals surface area contributed by atoms with Crippen molar-refractivity contribution in [2.24, 2.45) is 5.92 Å². The number of rotatable bonds is 6. The van der Waals surface area contributed by atoms with Crippen LogP contribution in [0.4, 0.5) is 5.82 Å². The Kier molecular flexibility index (Phi) is 5.61. The lowest BCUT2D eigenvalue weighted by Gasteiger charge is -2.25. The number of pyridine rings is 1. The molecular formula is C19H21ClN2O4. The Morgan fingerprint density at radius 1 is 1.19 bits per heavy atom. The molecule has 1 aromatic carbocycles. The zero-order chi connectivity index (χ0) is 18.7. The molecule has 1 aliphatic rings. The molecule has 0 spiro atoms. The predicted molar refractivity (Wildman–Crippen MR) is 100.0 cm³/mol. The summed E-state index contributed by atoms with van der Waals surface area (Å²) in [4.78, 5) is 27.7. The minimum Gasteiger partial charge on any atom is -0.480 e. The van der Waals surface area contributed by atoms with Crippen LogP contribution in [-0.2, 0) is 4.79 Å². The third-order valence-corrected chi connectivity index (χ3v) is 5.15. The number of carboxylic acid groups (broad SMARTS) is 2. The minimum atomic E-state index is -1.16. The fourth-order valence-electron chi connectivity index (χ4n) is 3.56. The van der Waals surface area contributed by atoms with Crippen LogP contribution in [0.5, 0.6) is 0 Å². The molecule has 0 radical (unpaired) electrons. The molecule has 3 N–H and O–H groups in total. The Hall–Kier alpha value is -2.34. The molecule has 1 heterocycles. The normalized spacial score (nSPS) is 16.3. The van der Waals surface area contributed by atoms with E-state index in [1.165, 1.54) is 12.5 Å². The van der Waals surface area contributed by atoms with Crippen LogP contribution in [0.25, 0.3) is 10.9 Å². The predicted octanol–water partition coefficient (Wildman–Crippen LogP) is 4.42. The van der Waals surface area contributed by atoms with Crippen LogP contribution in [0.1, 0.15) is 48.9 Å². The van der Waals surface area contributed by atoms with Crippen LogP contribution in [0.3, 0.4) is 0 Å². The maximum absolute atomic E-state index is 11.7. The van der Waals surface area contributed by atoms with Crippen molar-refractivity contribution in [3.63, 3.8) is 0 Å². The summed E-state index contributed by atoms with van der Waals surface area (Å²) in [6, 6.07) is 5.59. The molecule has 0 bridgehead atoms. The van der Waals surface area contributed by atoms with Gasteiger partial charge >= 0.3 is 11.9 Å². The van der Waals surface area contributed by atoms with Gasteiger partial charge in [-0.2, -0.15) is 0 Å². The lowest BCUT2D eigenvalue weighted by atomic mass is 9.85. The van der Waals surface area contributed by atoms with E-state index >= 15 is 0 Å². The van der Waals surface area contributed by atoms with Crippen molar-refractivity contribution in [1.29, 1.82) is 0 Å².